The van der Waals surface area contributed by atoms with E-state index in [0.29, 0.717) is 12.0 Å². The number of rotatable bonds is 2. The summed E-state index contributed by atoms with van der Waals surface area (Å²) in [7, 11) is 0. The molecule has 100 valence electrons. The van der Waals surface area contributed by atoms with Crippen molar-refractivity contribution in [2.75, 3.05) is 17.2 Å². The third-order valence-corrected chi connectivity index (χ3v) is 4.21. The largest absolute Gasteiger partial charge is 0.398 e. The first-order valence-corrected chi connectivity index (χ1v) is 7.07. The van der Waals surface area contributed by atoms with Gasteiger partial charge in [-0.15, -0.1) is 0 Å². The van der Waals surface area contributed by atoms with Crippen molar-refractivity contribution in [3.05, 3.63) is 30.6 Å². The second-order valence-corrected chi connectivity index (χ2v) is 5.74. The Morgan fingerprint density at radius 2 is 2.11 bits per heavy atom. The number of fused-ring (bicyclic) bond motifs is 1. The summed E-state index contributed by atoms with van der Waals surface area (Å²) in [6, 6.07) is 6.89. The highest BCUT2D eigenvalue weighted by molar-refractivity contribution is 6.01. The van der Waals surface area contributed by atoms with Crippen LogP contribution in [0.5, 0.6) is 0 Å². The minimum absolute atomic E-state index is 0.639. The highest BCUT2D eigenvalue weighted by Crippen LogP contribution is 2.36. The lowest BCUT2D eigenvalue weighted by atomic mass is 10.0. The molecule has 1 saturated heterocycles. The molecule has 1 fully saturated rings. The summed E-state index contributed by atoms with van der Waals surface area (Å²) >= 11 is 0. The van der Waals surface area contributed by atoms with Crippen molar-refractivity contribution in [2.45, 2.75) is 32.7 Å². The molecule has 1 aromatic carbocycles. The van der Waals surface area contributed by atoms with Crippen molar-refractivity contribution >= 4 is 22.1 Å². The van der Waals surface area contributed by atoms with Gasteiger partial charge in [-0.25, -0.2) is 0 Å². The van der Waals surface area contributed by atoms with Crippen molar-refractivity contribution in [3.63, 3.8) is 0 Å². The van der Waals surface area contributed by atoms with Gasteiger partial charge in [-0.1, -0.05) is 13.8 Å². The lowest BCUT2D eigenvalue weighted by Gasteiger charge is -2.31. The Bertz CT molecular complexity index is 592. The molecule has 0 spiro atoms. The Balaban J connectivity index is 2.13. The third-order valence-electron chi connectivity index (χ3n) is 4.21. The summed E-state index contributed by atoms with van der Waals surface area (Å²) in [5.41, 5.74) is 8.18. The van der Waals surface area contributed by atoms with E-state index in [1.165, 1.54) is 23.9 Å². The predicted octanol–water partition coefficient (Wildman–Crippen LogP) is 3.44. The molecule has 0 bridgehead atoms. The Morgan fingerprint density at radius 1 is 1.26 bits per heavy atom. The van der Waals surface area contributed by atoms with Crippen LogP contribution in [0.4, 0.5) is 11.4 Å². The maximum absolute atomic E-state index is 6.06. The van der Waals surface area contributed by atoms with Crippen molar-refractivity contribution in [1.82, 2.24) is 4.98 Å². The van der Waals surface area contributed by atoms with Crippen molar-refractivity contribution < 1.29 is 0 Å². The molecule has 0 saturated carbocycles. The van der Waals surface area contributed by atoms with Crippen LogP contribution in [-0.2, 0) is 0 Å². The topological polar surface area (TPSA) is 42.1 Å². The van der Waals surface area contributed by atoms with Crippen LogP contribution >= 0.6 is 0 Å². The standard InChI is InChI=1S/C16H21N3/c1-11(2)15-4-3-9-19(15)16-6-5-14(17)13-10-18-8-7-12(13)16/h5-8,10-11,15H,3-4,9,17H2,1-2H3. The lowest BCUT2D eigenvalue weighted by molar-refractivity contribution is 0.492. The van der Waals surface area contributed by atoms with Gasteiger partial charge in [0.25, 0.3) is 0 Å². The molecule has 3 heteroatoms. The van der Waals surface area contributed by atoms with Crippen LogP contribution in [0.2, 0.25) is 0 Å². The minimum atomic E-state index is 0.639. The molecule has 1 aliphatic heterocycles. The van der Waals surface area contributed by atoms with Gasteiger partial charge in [0.2, 0.25) is 0 Å². The van der Waals surface area contributed by atoms with Crippen LogP contribution in [0.25, 0.3) is 10.8 Å². The van der Waals surface area contributed by atoms with E-state index in [4.69, 9.17) is 5.73 Å². The SMILES string of the molecule is CC(C)C1CCCN1c1ccc(N)c2cnccc12. The maximum Gasteiger partial charge on any atom is 0.0451 e. The Labute approximate surface area is 114 Å². The smallest absolute Gasteiger partial charge is 0.0451 e. The first-order chi connectivity index (χ1) is 9.18. The van der Waals surface area contributed by atoms with Crippen LogP contribution in [-0.4, -0.2) is 17.6 Å². The van der Waals surface area contributed by atoms with Gasteiger partial charge in [0.15, 0.2) is 0 Å². The van der Waals surface area contributed by atoms with Crippen LogP contribution in [0, 0.1) is 5.92 Å². The number of hydrogen-bond acceptors (Lipinski definition) is 3. The molecular weight excluding hydrogens is 234 g/mol. The summed E-state index contributed by atoms with van der Waals surface area (Å²) in [6.07, 6.45) is 6.29. The summed E-state index contributed by atoms with van der Waals surface area (Å²) in [5, 5.41) is 2.29. The molecule has 1 aliphatic rings. The van der Waals surface area contributed by atoms with Gasteiger partial charge in [0, 0.05) is 47.1 Å². The number of nitrogens with two attached hydrogens (primary N) is 1. The predicted molar refractivity (Wildman–Crippen MR) is 81.4 cm³/mol. The fourth-order valence-corrected chi connectivity index (χ4v) is 3.23. The summed E-state index contributed by atoms with van der Waals surface area (Å²) < 4.78 is 0. The van der Waals surface area contributed by atoms with E-state index in [0.717, 1.165) is 17.6 Å². The van der Waals surface area contributed by atoms with Crippen molar-refractivity contribution in [2.24, 2.45) is 5.92 Å². The number of nitrogens with zero attached hydrogens (tertiary/aromatic N) is 2. The first-order valence-electron chi connectivity index (χ1n) is 7.07. The van der Waals surface area contributed by atoms with Gasteiger partial charge in [0.05, 0.1) is 0 Å². The fourth-order valence-electron chi connectivity index (χ4n) is 3.23. The van der Waals surface area contributed by atoms with E-state index >= 15 is 0 Å². The number of anilines is 2. The van der Waals surface area contributed by atoms with E-state index in [-0.39, 0.29) is 0 Å². The molecule has 0 radical (unpaired) electrons. The average Bonchev–Trinajstić information content (AvgIpc) is 2.89. The van der Waals surface area contributed by atoms with E-state index in [1.54, 1.807) is 0 Å². The van der Waals surface area contributed by atoms with Crippen molar-refractivity contribution in [1.29, 1.82) is 0 Å². The molecule has 2 aromatic rings. The van der Waals surface area contributed by atoms with E-state index in [1.807, 2.05) is 18.5 Å². The molecule has 3 rings (SSSR count). The number of benzene rings is 1. The average molecular weight is 255 g/mol. The zero-order chi connectivity index (χ0) is 13.4. The maximum atomic E-state index is 6.06. The molecule has 2 N–H and O–H groups in total. The molecule has 3 nitrogen and oxygen atoms in total. The van der Waals surface area contributed by atoms with Crippen molar-refractivity contribution in [3.8, 4) is 0 Å². The van der Waals surface area contributed by atoms with Gasteiger partial charge >= 0.3 is 0 Å². The van der Waals surface area contributed by atoms with Gasteiger partial charge < -0.3 is 10.6 Å². The van der Waals surface area contributed by atoms with Gasteiger partial charge in [0.1, 0.15) is 0 Å². The van der Waals surface area contributed by atoms with Crippen LogP contribution < -0.4 is 10.6 Å². The fraction of sp³-hybridized carbons (Fsp3) is 0.438. The van der Waals surface area contributed by atoms with E-state index in [2.05, 4.69) is 35.9 Å². The number of hydrogen-bond donors (Lipinski definition) is 1. The molecule has 0 amide bonds. The van der Waals surface area contributed by atoms with Gasteiger partial charge in [-0.3, -0.25) is 4.98 Å². The zero-order valence-electron chi connectivity index (χ0n) is 11.6. The molecule has 0 aliphatic carbocycles. The van der Waals surface area contributed by atoms with Crippen LogP contribution in [0.1, 0.15) is 26.7 Å². The van der Waals surface area contributed by atoms with Gasteiger partial charge in [-0.05, 0) is 37.0 Å². The monoisotopic (exact) mass is 255 g/mol. The molecule has 19 heavy (non-hydrogen) atoms. The number of pyridine rings is 1. The first kappa shape index (κ1) is 12.3. The number of nitrogen functional groups attached to an aromatic ring is 1. The van der Waals surface area contributed by atoms with Crippen LogP contribution in [0.15, 0.2) is 30.6 Å². The Morgan fingerprint density at radius 3 is 2.89 bits per heavy atom. The van der Waals surface area contributed by atoms with E-state index < -0.39 is 0 Å². The Hall–Kier alpha value is -1.77. The molecule has 2 heterocycles. The molecular formula is C16H21N3. The Kier molecular flexibility index (Phi) is 3.05. The highest BCUT2D eigenvalue weighted by Gasteiger charge is 2.28. The summed E-state index contributed by atoms with van der Waals surface area (Å²) in [4.78, 5) is 6.75. The summed E-state index contributed by atoms with van der Waals surface area (Å²) in [6.45, 7) is 5.76. The highest BCUT2D eigenvalue weighted by atomic mass is 15.2. The molecule has 1 unspecified atom stereocenters. The molecule has 1 aromatic heterocycles. The molecule has 1 atom stereocenters. The van der Waals surface area contributed by atoms with Crippen LogP contribution in [0.3, 0.4) is 0 Å². The summed E-state index contributed by atoms with van der Waals surface area (Å²) in [5.74, 6) is 0.678. The second-order valence-electron chi connectivity index (χ2n) is 5.74. The second kappa shape index (κ2) is 4.72. The number of aromatic nitrogens is 1. The normalized spacial score (nSPS) is 19.5. The van der Waals surface area contributed by atoms with Gasteiger partial charge in [-0.2, -0.15) is 0 Å². The minimum Gasteiger partial charge on any atom is -0.398 e. The zero-order valence-corrected chi connectivity index (χ0v) is 11.6. The quantitative estimate of drug-likeness (QED) is 0.836. The third kappa shape index (κ3) is 2.03. The lowest BCUT2D eigenvalue weighted by Crippen LogP contribution is -2.33. The van der Waals surface area contributed by atoms with E-state index in [9.17, 15) is 0 Å².